The van der Waals surface area contributed by atoms with Crippen LogP contribution < -0.4 is 10.0 Å². The summed E-state index contributed by atoms with van der Waals surface area (Å²) in [7, 11) is -3.13. The fourth-order valence-electron chi connectivity index (χ4n) is 1.73. The van der Waals surface area contributed by atoms with Crippen molar-refractivity contribution in [2.75, 3.05) is 19.3 Å². The van der Waals surface area contributed by atoms with Gasteiger partial charge in [-0.1, -0.05) is 30.3 Å². The van der Waals surface area contributed by atoms with Gasteiger partial charge in [0, 0.05) is 25.2 Å². The van der Waals surface area contributed by atoms with Gasteiger partial charge < -0.3 is 5.32 Å². The summed E-state index contributed by atoms with van der Waals surface area (Å²) in [4.78, 5) is 0. The largest absolute Gasteiger partial charge is 0.310 e. The Morgan fingerprint density at radius 2 is 1.90 bits per heavy atom. The maximum Gasteiger partial charge on any atom is 0.208 e. The van der Waals surface area contributed by atoms with E-state index in [1.54, 1.807) is 0 Å². The van der Waals surface area contributed by atoms with E-state index < -0.39 is 10.0 Å². The molecule has 7 nitrogen and oxygen atoms in total. The zero-order valence-electron chi connectivity index (χ0n) is 11.1. The van der Waals surface area contributed by atoms with E-state index in [-0.39, 0.29) is 0 Å². The lowest BCUT2D eigenvalue weighted by molar-refractivity contribution is 0.581. The molecule has 1 aromatic heterocycles. The number of nitrogens with one attached hydrogen (secondary N) is 3. The number of benzene rings is 1. The van der Waals surface area contributed by atoms with E-state index in [1.165, 1.54) is 0 Å². The zero-order chi connectivity index (χ0) is 14.4. The van der Waals surface area contributed by atoms with Crippen LogP contribution in [0.2, 0.25) is 0 Å². The third-order valence-electron chi connectivity index (χ3n) is 2.63. The van der Waals surface area contributed by atoms with Gasteiger partial charge in [0.1, 0.15) is 11.4 Å². The van der Waals surface area contributed by atoms with E-state index >= 15 is 0 Å². The van der Waals surface area contributed by atoms with Crippen LogP contribution in [0.15, 0.2) is 30.3 Å². The monoisotopic (exact) mass is 295 g/mol. The van der Waals surface area contributed by atoms with Gasteiger partial charge in [-0.15, -0.1) is 0 Å². The summed E-state index contributed by atoms with van der Waals surface area (Å²) < 4.78 is 24.2. The summed E-state index contributed by atoms with van der Waals surface area (Å²) in [6, 6.07) is 9.76. The van der Waals surface area contributed by atoms with E-state index in [1.807, 2.05) is 30.3 Å². The normalized spacial score (nSPS) is 11.7. The number of H-pyrrole nitrogens is 1. The predicted molar refractivity (Wildman–Crippen MR) is 76.4 cm³/mol. The highest BCUT2D eigenvalue weighted by Gasteiger charge is 2.09. The summed E-state index contributed by atoms with van der Waals surface area (Å²) in [6.07, 6.45) is 1.14. The minimum Gasteiger partial charge on any atom is -0.310 e. The van der Waals surface area contributed by atoms with E-state index in [9.17, 15) is 8.42 Å². The molecule has 0 aliphatic heterocycles. The Labute approximate surface area is 117 Å². The lowest BCUT2D eigenvalue weighted by atomic mass is 10.1. The Morgan fingerprint density at radius 1 is 1.15 bits per heavy atom. The number of aromatic nitrogens is 3. The Bertz CT molecular complexity index is 639. The molecule has 2 rings (SSSR count). The summed E-state index contributed by atoms with van der Waals surface area (Å²) in [5.41, 5.74) is 2.59. The van der Waals surface area contributed by atoms with Gasteiger partial charge in [-0.2, -0.15) is 15.4 Å². The average molecular weight is 295 g/mol. The molecule has 0 atom stereocenters. The van der Waals surface area contributed by atoms with Gasteiger partial charge in [0.15, 0.2) is 0 Å². The molecular weight excluding hydrogens is 278 g/mol. The number of hydrogen-bond acceptors (Lipinski definition) is 5. The molecule has 108 valence electrons. The molecule has 1 aromatic carbocycles. The summed E-state index contributed by atoms with van der Waals surface area (Å²) in [5.74, 6) is 0. The van der Waals surface area contributed by atoms with Gasteiger partial charge in [-0.05, 0) is 0 Å². The van der Waals surface area contributed by atoms with E-state index in [0.717, 1.165) is 23.2 Å². The first-order chi connectivity index (χ1) is 9.56. The Morgan fingerprint density at radius 3 is 2.60 bits per heavy atom. The van der Waals surface area contributed by atoms with Gasteiger partial charge in [-0.25, -0.2) is 13.1 Å². The van der Waals surface area contributed by atoms with Crippen molar-refractivity contribution in [3.63, 3.8) is 0 Å². The maximum atomic E-state index is 10.9. The lowest BCUT2D eigenvalue weighted by Crippen LogP contribution is -2.30. The highest BCUT2D eigenvalue weighted by Crippen LogP contribution is 2.18. The first kappa shape index (κ1) is 14.6. The molecule has 0 aliphatic carbocycles. The predicted octanol–water partition coefficient (Wildman–Crippen LogP) is 0.111. The van der Waals surface area contributed by atoms with E-state index in [0.29, 0.717) is 19.6 Å². The highest BCUT2D eigenvalue weighted by molar-refractivity contribution is 7.88. The van der Waals surface area contributed by atoms with Crippen LogP contribution in [0.5, 0.6) is 0 Å². The van der Waals surface area contributed by atoms with Gasteiger partial charge >= 0.3 is 0 Å². The molecule has 0 bridgehead atoms. The standard InChI is InChI=1S/C12H17N5O2S/c1-20(18,19)14-8-7-13-9-11-12(16-17-15-11)10-5-3-2-4-6-10/h2-6,13-14H,7-9H2,1H3,(H,15,16,17). The van der Waals surface area contributed by atoms with Crippen molar-refractivity contribution >= 4 is 10.0 Å². The Hall–Kier alpha value is -1.77. The first-order valence-corrected chi connectivity index (χ1v) is 8.06. The van der Waals surface area contributed by atoms with Crippen LogP contribution in [0.1, 0.15) is 5.69 Å². The van der Waals surface area contributed by atoms with Gasteiger partial charge in [0.05, 0.1) is 6.26 Å². The fraction of sp³-hybridized carbons (Fsp3) is 0.333. The van der Waals surface area contributed by atoms with E-state index in [2.05, 4.69) is 25.4 Å². The molecule has 0 spiro atoms. The lowest BCUT2D eigenvalue weighted by Gasteiger charge is -2.04. The molecule has 2 aromatic rings. The molecule has 0 unspecified atom stereocenters. The van der Waals surface area contributed by atoms with Crippen LogP contribution >= 0.6 is 0 Å². The molecule has 3 N–H and O–H groups in total. The van der Waals surface area contributed by atoms with Crippen molar-refractivity contribution in [2.24, 2.45) is 0 Å². The second-order valence-corrected chi connectivity index (χ2v) is 6.16. The van der Waals surface area contributed by atoms with Crippen LogP contribution in [0, 0.1) is 0 Å². The van der Waals surface area contributed by atoms with Crippen LogP contribution in [0.25, 0.3) is 11.3 Å². The third kappa shape index (κ3) is 4.41. The van der Waals surface area contributed by atoms with Crippen molar-refractivity contribution in [1.29, 1.82) is 0 Å². The molecule has 20 heavy (non-hydrogen) atoms. The molecule has 0 radical (unpaired) electrons. The Balaban J connectivity index is 1.87. The van der Waals surface area contributed by atoms with Crippen LogP contribution in [0.4, 0.5) is 0 Å². The van der Waals surface area contributed by atoms with Crippen molar-refractivity contribution in [3.8, 4) is 11.3 Å². The zero-order valence-corrected chi connectivity index (χ0v) is 11.9. The quantitative estimate of drug-likeness (QED) is 0.630. The van der Waals surface area contributed by atoms with Crippen molar-refractivity contribution in [3.05, 3.63) is 36.0 Å². The molecule has 0 fully saturated rings. The maximum absolute atomic E-state index is 10.9. The fourth-order valence-corrected chi connectivity index (χ4v) is 2.21. The SMILES string of the molecule is CS(=O)(=O)NCCNCc1n[nH]nc1-c1ccccc1. The number of nitrogens with zero attached hydrogens (tertiary/aromatic N) is 2. The molecule has 0 saturated heterocycles. The second-order valence-electron chi connectivity index (χ2n) is 4.33. The summed E-state index contributed by atoms with van der Waals surface area (Å²) in [6.45, 7) is 1.39. The second kappa shape index (κ2) is 6.60. The highest BCUT2D eigenvalue weighted by atomic mass is 32.2. The number of rotatable bonds is 7. The first-order valence-electron chi connectivity index (χ1n) is 6.17. The molecule has 8 heteroatoms. The van der Waals surface area contributed by atoms with Gasteiger partial charge in [0.2, 0.25) is 10.0 Å². The summed E-state index contributed by atoms with van der Waals surface area (Å²) in [5, 5.41) is 14.0. The van der Waals surface area contributed by atoms with Gasteiger partial charge in [0.25, 0.3) is 0 Å². The van der Waals surface area contributed by atoms with Crippen molar-refractivity contribution in [1.82, 2.24) is 25.4 Å². The van der Waals surface area contributed by atoms with Crippen LogP contribution in [-0.4, -0.2) is 43.2 Å². The van der Waals surface area contributed by atoms with E-state index in [4.69, 9.17) is 0 Å². The van der Waals surface area contributed by atoms with Crippen molar-refractivity contribution < 1.29 is 8.42 Å². The van der Waals surface area contributed by atoms with Crippen molar-refractivity contribution in [2.45, 2.75) is 6.54 Å². The van der Waals surface area contributed by atoms with Crippen LogP contribution in [0.3, 0.4) is 0 Å². The smallest absolute Gasteiger partial charge is 0.208 e. The molecule has 0 saturated carbocycles. The molecule has 0 aliphatic rings. The molecule has 1 heterocycles. The van der Waals surface area contributed by atoms with Gasteiger partial charge in [-0.3, -0.25) is 0 Å². The Kier molecular flexibility index (Phi) is 4.83. The minimum absolute atomic E-state index is 0.345. The summed E-state index contributed by atoms with van der Waals surface area (Å²) >= 11 is 0. The number of aromatic amines is 1. The van der Waals surface area contributed by atoms with Crippen LogP contribution in [-0.2, 0) is 16.6 Å². The molecular formula is C12H17N5O2S. The third-order valence-corrected chi connectivity index (χ3v) is 3.35. The average Bonchev–Trinajstić information content (AvgIpc) is 2.86. The number of hydrogen-bond donors (Lipinski definition) is 3. The molecule has 0 amide bonds. The number of sulfonamides is 1. The minimum atomic E-state index is -3.13. The topological polar surface area (TPSA) is 99.8 Å².